The summed E-state index contributed by atoms with van der Waals surface area (Å²) in [6.45, 7) is 2.34. The third-order valence-electron chi connectivity index (χ3n) is 2.96. The summed E-state index contributed by atoms with van der Waals surface area (Å²) in [4.78, 5) is 14.0. The molecular formula is C15H15ClN2O2. The van der Waals surface area contributed by atoms with Crippen molar-refractivity contribution in [2.45, 2.75) is 6.92 Å². The SMILES string of the molecule is CCN(C(=O)c1ccc(Cl)cc1O)c1ccc(N)cc1. The zero-order valence-electron chi connectivity index (χ0n) is 11.0. The number of phenols is 1. The Morgan fingerprint density at radius 1 is 1.25 bits per heavy atom. The number of benzene rings is 2. The number of nitrogens with two attached hydrogens (primary N) is 1. The summed E-state index contributed by atoms with van der Waals surface area (Å²) in [5.41, 5.74) is 7.21. The highest BCUT2D eigenvalue weighted by Crippen LogP contribution is 2.25. The predicted octanol–water partition coefficient (Wildman–Crippen LogP) is 3.29. The minimum Gasteiger partial charge on any atom is -0.507 e. The maximum atomic E-state index is 12.5. The van der Waals surface area contributed by atoms with Gasteiger partial charge in [-0.15, -0.1) is 0 Å². The maximum absolute atomic E-state index is 12.5. The number of halogens is 1. The molecule has 0 fully saturated rings. The number of hydrogen-bond acceptors (Lipinski definition) is 3. The summed E-state index contributed by atoms with van der Waals surface area (Å²) >= 11 is 5.77. The van der Waals surface area contributed by atoms with Gasteiger partial charge < -0.3 is 15.7 Å². The lowest BCUT2D eigenvalue weighted by Crippen LogP contribution is -2.30. The summed E-state index contributed by atoms with van der Waals surface area (Å²) in [6.07, 6.45) is 0. The first-order chi connectivity index (χ1) is 9.52. The number of phenolic OH excluding ortho intramolecular Hbond substituents is 1. The van der Waals surface area contributed by atoms with Crippen LogP contribution in [0, 0.1) is 0 Å². The van der Waals surface area contributed by atoms with E-state index in [4.69, 9.17) is 17.3 Å². The van der Waals surface area contributed by atoms with Gasteiger partial charge in [0.2, 0.25) is 0 Å². The summed E-state index contributed by atoms with van der Waals surface area (Å²) < 4.78 is 0. The predicted molar refractivity (Wildman–Crippen MR) is 81.3 cm³/mol. The molecule has 0 bridgehead atoms. The van der Waals surface area contributed by atoms with Gasteiger partial charge in [0.1, 0.15) is 5.75 Å². The Kier molecular flexibility index (Phi) is 4.15. The van der Waals surface area contributed by atoms with Crippen LogP contribution in [0.3, 0.4) is 0 Å². The average molecular weight is 291 g/mol. The van der Waals surface area contributed by atoms with Crippen LogP contribution in [-0.2, 0) is 0 Å². The molecule has 0 unspecified atom stereocenters. The van der Waals surface area contributed by atoms with Crippen LogP contribution >= 0.6 is 11.6 Å². The van der Waals surface area contributed by atoms with Crippen molar-refractivity contribution in [3.63, 3.8) is 0 Å². The first-order valence-electron chi connectivity index (χ1n) is 6.19. The molecule has 0 saturated heterocycles. The minimum atomic E-state index is -0.286. The van der Waals surface area contributed by atoms with Crippen molar-refractivity contribution in [3.8, 4) is 5.75 Å². The van der Waals surface area contributed by atoms with Gasteiger partial charge in [0.25, 0.3) is 5.91 Å². The lowest BCUT2D eigenvalue weighted by atomic mass is 10.1. The van der Waals surface area contributed by atoms with Crippen LogP contribution in [0.4, 0.5) is 11.4 Å². The van der Waals surface area contributed by atoms with Gasteiger partial charge in [-0.3, -0.25) is 4.79 Å². The zero-order chi connectivity index (χ0) is 14.7. The second kappa shape index (κ2) is 5.84. The zero-order valence-corrected chi connectivity index (χ0v) is 11.8. The lowest BCUT2D eigenvalue weighted by Gasteiger charge is -2.21. The highest BCUT2D eigenvalue weighted by atomic mass is 35.5. The first-order valence-corrected chi connectivity index (χ1v) is 6.56. The highest BCUT2D eigenvalue weighted by Gasteiger charge is 2.19. The summed E-state index contributed by atoms with van der Waals surface area (Å²) in [5, 5.41) is 10.2. The molecule has 0 heterocycles. The van der Waals surface area contributed by atoms with E-state index in [1.54, 1.807) is 35.2 Å². The number of aromatic hydroxyl groups is 1. The van der Waals surface area contributed by atoms with Crippen molar-refractivity contribution in [2.75, 3.05) is 17.2 Å². The topological polar surface area (TPSA) is 66.6 Å². The molecule has 2 rings (SSSR count). The Balaban J connectivity index is 2.36. The number of carbonyl (C=O) groups is 1. The van der Waals surface area contributed by atoms with Gasteiger partial charge in [0.05, 0.1) is 5.56 Å². The molecule has 104 valence electrons. The van der Waals surface area contributed by atoms with E-state index in [0.29, 0.717) is 17.3 Å². The van der Waals surface area contributed by atoms with E-state index in [2.05, 4.69) is 0 Å². The number of amides is 1. The molecule has 0 aliphatic rings. The first kappa shape index (κ1) is 14.2. The number of rotatable bonds is 3. The Morgan fingerprint density at radius 2 is 1.90 bits per heavy atom. The van der Waals surface area contributed by atoms with E-state index in [0.717, 1.165) is 5.69 Å². The maximum Gasteiger partial charge on any atom is 0.262 e. The standard InChI is InChI=1S/C15H15ClN2O2/c1-2-18(12-6-4-11(17)5-7-12)15(20)13-8-3-10(16)9-14(13)19/h3-9,19H,2,17H2,1H3. The van der Waals surface area contributed by atoms with Gasteiger partial charge >= 0.3 is 0 Å². The molecule has 0 aliphatic heterocycles. The van der Waals surface area contributed by atoms with E-state index in [1.807, 2.05) is 6.92 Å². The lowest BCUT2D eigenvalue weighted by molar-refractivity contribution is 0.0986. The molecule has 3 N–H and O–H groups in total. The molecule has 4 nitrogen and oxygen atoms in total. The largest absolute Gasteiger partial charge is 0.507 e. The molecule has 0 aliphatic carbocycles. The smallest absolute Gasteiger partial charge is 0.262 e. The molecule has 2 aromatic carbocycles. The number of anilines is 2. The Bertz CT molecular complexity index is 626. The summed E-state index contributed by atoms with van der Waals surface area (Å²) in [6, 6.07) is 11.4. The van der Waals surface area contributed by atoms with Crippen LogP contribution in [0.15, 0.2) is 42.5 Å². The van der Waals surface area contributed by atoms with E-state index in [9.17, 15) is 9.90 Å². The van der Waals surface area contributed by atoms with Gasteiger partial charge in [-0.05, 0) is 49.4 Å². The van der Waals surface area contributed by atoms with E-state index in [1.165, 1.54) is 12.1 Å². The molecule has 20 heavy (non-hydrogen) atoms. The fraction of sp³-hybridized carbons (Fsp3) is 0.133. The van der Waals surface area contributed by atoms with E-state index < -0.39 is 0 Å². The molecule has 0 radical (unpaired) electrons. The van der Waals surface area contributed by atoms with Crippen molar-refractivity contribution in [1.29, 1.82) is 0 Å². The van der Waals surface area contributed by atoms with Gasteiger partial charge in [-0.1, -0.05) is 11.6 Å². The minimum absolute atomic E-state index is 0.128. The van der Waals surface area contributed by atoms with Crippen molar-refractivity contribution in [1.82, 2.24) is 0 Å². The van der Waals surface area contributed by atoms with Crippen LogP contribution in [0.25, 0.3) is 0 Å². The van der Waals surface area contributed by atoms with Crippen molar-refractivity contribution < 1.29 is 9.90 Å². The molecule has 0 spiro atoms. The Morgan fingerprint density at radius 3 is 2.45 bits per heavy atom. The highest BCUT2D eigenvalue weighted by molar-refractivity contribution is 6.31. The number of carbonyl (C=O) groups excluding carboxylic acids is 1. The number of hydrogen-bond donors (Lipinski definition) is 2. The van der Waals surface area contributed by atoms with Crippen LogP contribution in [0.5, 0.6) is 5.75 Å². The fourth-order valence-corrected chi connectivity index (χ4v) is 2.10. The molecule has 2 aromatic rings. The number of nitrogens with zero attached hydrogens (tertiary/aromatic N) is 1. The molecular weight excluding hydrogens is 276 g/mol. The molecule has 0 aromatic heterocycles. The normalized spacial score (nSPS) is 10.3. The van der Waals surface area contributed by atoms with Gasteiger partial charge in [0.15, 0.2) is 0 Å². The van der Waals surface area contributed by atoms with E-state index in [-0.39, 0.29) is 17.2 Å². The third-order valence-corrected chi connectivity index (χ3v) is 3.19. The van der Waals surface area contributed by atoms with E-state index >= 15 is 0 Å². The van der Waals surface area contributed by atoms with Crippen LogP contribution in [0.1, 0.15) is 17.3 Å². The second-order valence-electron chi connectivity index (χ2n) is 4.30. The van der Waals surface area contributed by atoms with Crippen LogP contribution in [0.2, 0.25) is 5.02 Å². The summed E-state index contributed by atoms with van der Waals surface area (Å²) in [5.74, 6) is -0.414. The van der Waals surface area contributed by atoms with Crippen molar-refractivity contribution >= 4 is 28.9 Å². The van der Waals surface area contributed by atoms with Gasteiger partial charge in [-0.2, -0.15) is 0 Å². The summed E-state index contributed by atoms with van der Waals surface area (Å²) in [7, 11) is 0. The molecule has 5 heteroatoms. The monoisotopic (exact) mass is 290 g/mol. The third kappa shape index (κ3) is 2.86. The van der Waals surface area contributed by atoms with Gasteiger partial charge in [-0.25, -0.2) is 0 Å². The van der Waals surface area contributed by atoms with Gasteiger partial charge in [0, 0.05) is 22.9 Å². The van der Waals surface area contributed by atoms with Crippen molar-refractivity contribution in [3.05, 3.63) is 53.1 Å². The van der Waals surface area contributed by atoms with Crippen LogP contribution < -0.4 is 10.6 Å². The quantitative estimate of drug-likeness (QED) is 0.852. The molecule has 1 amide bonds. The average Bonchev–Trinajstić information content (AvgIpc) is 2.41. The fourth-order valence-electron chi connectivity index (χ4n) is 1.93. The molecule has 0 saturated carbocycles. The number of nitrogen functional groups attached to an aromatic ring is 1. The second-order valence-corrected chi connectivity index (χ2v) is 4.74. The van der Waals surface area contributed by atoms with Crippen LogP contribution in [-0.4, -0.2) is 17.6 Å². The molecule has 0 atom stereocenters. The Labute approximate surface area is 122 Å². The Hall–Kier alpha value is -2.20. The van der Waals surface area contributed by atoms with Crippen molar-refractivity contribution in [2.24, 2.45) is 0 Å².